The van der Waals surface area contributed by atoms with Gasteiger partial charge in [-0.25, -0.2) is 4.79 Å². The highest BCUT2D eigenvalue weighted by Crippen LogP contribution is 2.47. The first kappa shape index (κ1) is 20.0. The topological polar surface area (TPSA) is 55.8 Å². The van der Waals surface area contributed by atoms with Crippen LogP contribution < -0.4 is 0 Å². The summed E-state index contributed by atoms with van der Waals surface area (Å²) >= 11 is 11.5. The lowest BCUT2D eigenvalue weighted by Gasteiger charge is -2.21. The third-order valence-electron chi connectivity index (χ3n) is 2.82. The molecular formula is C15H20Cl2NO4P. The summed E-state index contributed by atoms with van der Waals surface area (Å²) in [5.41, 5.74) is 0.852. The maximum atomic E-state index is 12.1. The van der Waals surface area contributed by atoms with Crippen LogP contribution in [0.5, 0.6) is 0 Å². The molecule has 0 heterocycles. The second-order valence-electron chi connectivity index (χ2n) is 4.76. The van der Waals surface area contributed by atoms with Crippen molar-refractivity contribution in [2.24, 2.45) is 0 Å². The average Bonchev–Trinajstić information content (AvgIpc) is 2.53. The van der Waals surface area contributed by atoms with E-state index >= 15 is 0 Å². The third-order valence-corrected chi connectivity index (χ3v) is 4.02. The van der Waals surface area contributed by atoms with E-state index in [-0.39, 0.29) is 19.4 Å². The zero-order valence-corrected chi connectivity index (χ0v) is 15.3. The van der Waals surface area contributed by atoms with Crippen molar-refractivity contribution in [3.05, 3.63) is 35.9 Å². The highest BCUT2D eigenvalue weighted by molar-refractivity contribution is 8.03. The Hall–Kier alpha value is -1.03. The zero-order chi connectivity index (χ0) is 17.1. The molecule has 0 fully saturated rings. The molecule has 0 saturated carbocycles. The Morgan fingerprint density at radius 3 is 2.48 bits per heavy atom. The number of hydrogen-bond donors (Lipinski definition) is 0. The zero-order valence-electron chi connectivity index (χ0n) is 12.9. The summed E-state index contributed by atoms with van der Waals surface area (Å²) in [7, 11) is 0. The summed E-state index contributed by atoms with van der Waals surface area (Å²) in [4.78, 5) is 25.0. The summed E-state index contributed by atoms with van der Waals surface area (Å²) in [6.45, 7) is 0.793. The molecule has 1 amide bonds. The molecule has 0 aliphatic rings. The minimum absolute atomic E-state index is 0.0505. The Kier molecular flexibility index (Phi) is 10.0. The molecule has 5 nitrogen and oxygen atoms in total. The van der Waals surface area contributed by atoms with E-state index in [1.807, 2.05) is 37.3 Å². The van der Waals surface area contributed by atoms with Gasteiger partial charge in [0.25, 0.3) is 0 Å². The predicted molar refractivity (Wildman–Crippen MR) is 92.7 cm³/mol. The van der Waals surface area contributed by atoms with E-state index in [1.165, 1.54) is 4.90 Å². The Morgan fingerprint density at radius 2 is 1.87 bits per heavy atom. The molecule has 0 atom stereocenters. The number of hydrogen-bond acceptors (Lipinski definition) is 4. The van der Waals surface area contributed by atoms with Gasteiger partial charge >= 0.3 is 12.1 Å². The van der Waals surface area contributed by atoms with E-state index in [0.717, 1.165) is 18.4 Å². The van der Waals surface area contributed by atoms with E-state index in [2.05, 4.69) is 0 Å². The lowest BCUT2D eigenvalue weighted by atomic mass is 10.2. The molecule has 0 aromatic heterocycles. The van der Waals surface area contributed by atoms with Crippen molar-refractivity contribution in [3.8, 4) is 0 Å². The van der Waals surface area contributed by atoms with Gasteiger partial charge in [-0.05, 0) is 12.0 Å². The van der Waals surface area contributed by atoms with E-state index in [4.69, 9.17) is 32.0 Å². The summed E-state index contributed by atoms with van der Waals surface area (Å²) in [6.07, 6.45) is 1.11. The standard InChI is InChI=1S/C15H20Cl2NO4P/c1-2-3-9-21-14(19)10-18(12-23(16)17)15(20)22-11-13-7-5-4-6-8-13/h4-8H,2-3,9-12H2,1H3. The van der Waals surface area contributed by atoms with Crippen molar-refractivity contribution >= 4 is 41.2 Å². The Labute approximate surface area is 147 Å². The number of halogens is 2. The van der Waals surface area contributed by atoms with Crippen molar-refractivity contribution in [2.45, 2.75) is 26.4 Å². The van der Waals surface area contributed by atoms with Gasteiger partial charge in [0.1, 0.15) is 19.8 Å². The number of benzene rings is 1. The molecule has 1 aromatic rings. The lowest BCUT2D eigenvalue weighted by Crippen LogP contribution is -2.36. The van der Waals surface area contributed by atoms with Gasteiger partial charge in [0, 0.05) is 0 Å². The fourth-order valence-electron chi connectivity index (χ4n) is 1.64. The van der Waals surface area contributed by atoms with Crippen molar-refractivity contribution in [2.75, 3.05) is 19.4 Å². The van der Waals surface area contributed by atoms with Crippen LogP contribution in [0, 0.1) is 0 Å². The van der Waals surface area contributed by atoms with Crippen molar-refractivity contribution in [1.29, 1.82) is 0 Å². The van der Waals surface area contributed by atoms with E-state index in [9.17, 15) is 9.59 Å². The number of carbonyl (C=O) groups is 2. The smallest absolute Gasteiger partial charge is 0.411 e. The molecule has 0 aliphatic carbocycles. The Morgan fingerprint density at radius 1 is 1.17 bits per heavy atom. The molecule has 0 bridgehead atoms. The second kappa shape index (κ2) is 11.5. The Balaban J connectivity index is 2.51. The monoisotopic (exact) mass is 379 g/mol. The molecule has 8 heteroatoms. The van der Waals surface area contributed by atoms with Gasteiger partial charge in [0.2, 0.25) is 0 Å². The number of amides is 1. The number of ether oxygens (including phenoxy) is 2. The molecule has 128 valence electrons. The summed E-state index contributed by atoms with van der Waals surface area (Å²) in [5.74, 6) is -0.500. The summed E-state index contributed by atoms with van der Waals surface area (Å²) < 4.78 is 10.2. The second-order valence-corrected chi connectivity index (χ2v) is 8.61. The van der Waals surface area contributed by atoms with Crippen molar-refractivity contribution < 1.29 is 19.1 Å². The molecule has 0 unspecified atom stereocenters. The number of esters is 1. The first-order valence-electron chi connectivity index (χ1n) is 7.23. The highest BCUT2D eigenvalue weighted by Gasteiger charge is 2.22. The van der Waals surface area contributed by atoms with Gasteiger partial charge in [-0.1, -0.05) is 66.2 Å². The van der Waals surface area contributed by atoms with Crippen LogP contribution in [0.15, 0.2) is 30.3 Å². The molecule has 1 rings (SSSR count). The van der Waals surface area contributed by atoms with Gasteiger partial charge in [-0.2, -0.15) is 0 Å². The van der Waals surface area contributed by atoms with Crippen LogP contribution >= 0.6 is 29.1 Å². The lowest BCUT2D eigenvalue weighted by molar-refractivity contribution is -0.144. The van der Waals surface area contributed by atoms with Gasteiger partial charge in [0.05, 0.1) is 12.9 Å². The molecule has 0 aliphatic heterocycles. The van der Waals surface area contributed by atoms with Gasteiger partial charge < -0.3 is 9.47 Å². The van der Waals surface area contributed by atoms with Gasteiger partial charge in [0.15, 0.2) is 0 Å². The number of unbranched alkanes of at least 4 members (excludes halogenated alkanes) is 1. The van der Waals surface area contributed by atoms with E-state index < -0.39 is 18.7 Å². The maximum Gasteiger partial charge on any atom is 0.411 e. The normalized spacial score (nSPS) is 10.4. The van der Waals surface area contributed by atoms with Crippen LogP contribution in [-0.4, -0.2) is 36.4 Å². The third kappa shape index (κ3) is 8.99. The molecule has 1 aromatic carbocycles. The molecule has 0 N–H and O–H groups in total. The highest BCUT2D eigenvalue weighted by atomic mass is 35.9. The van der Waals surface area contributed by atoms with Crippen molar-refractivity contribution in [3.63, 3.8) is 0 Å². The largest absolute Gasteiger partial charge is 0.464 e. The fourth-order valence-corrected chi connectivity index (χ4v) is 2.89. The molecule has 0 radical (unpaired) electrons. The number of rotatable bonds is 9. The van der Waals surface area contributed by atoms with E-state index in [1.54, 1.807) is 0 Å². The molecular weight excluding hydrogens is 360 g/mol. The van der Waals surface area contributed by atoms with Crippen LogP contribution in [-0.2, 0) is 20.9 Å². The molecule has 0 spiro atoms. The van der Waals surface area contributed by atoms with Crippen molar-refractivity contribution in [1.82, 2.24) is 4.90 Å². The fraction of sp³-hybridized carbons (Fsp3) is 0.467. The molecule has 23 heavy (non-hydrogen) atoms. The van der Waals surface area contributed by atoms with Gasteiger partial charge in [-0.3, -0.25) is 9.69 Å². The predicted octanol–water partition coefficient (Wildman–Crippen LogP) is 4.72. The SMILES string of the molecule is CCCCOC(=O)CN(CP(Cl)Cl)C(=O)OCc1ccccc1. The van der Waals surface area contributed by atoms with E-state index in [0.29, 0.717) is 6.61 Å². The van der Waals surface area contributed by atoms with Gasteiger partial charge in [-0.15, -0.1) is 0 Å². The van der Waals surface area contributed by atoms with Crippen LogP contribution in [0.3, 0.4) is 0 Å². The minimum atomic E-state index is -1.42. The minimum Gasteiger partial charge on any atom is -0.464 e. The Bertz CT molecular complexity index is 488. The van der Waals surface area contributed by atoms with Crippen LogP contribution in [0.25, 0.3) is 0 Å². The van der Waals surface area contributed by atoms with Crippen LogP contribution in [0.2, 0.25) is 0 Å². The summed E-state index contributed by atoms with van der Waals surface area (Å²) in [6, 6.07) is 9.25. The summed E-state index contributed by atoms with van der Waals surface area (Å²) in [5, 5.41) is 0. The number of carbonyl (C=O) groups excluding carboxylic acids is 2. The first-order chi connectivity index (χ1) is 11.0. The maximum absolute atomic E-state index is 12.1. The first-order valence-corrected chi connectivity index (χ1v) is 10.6. The van der Waals surface area contributed by atoms with Crippen LogP contribution in [0.1, 0.15) is 25.3 Å². The van der Waals surface area contributed by atoms with Crippen LogP contribution in [0.4, 0.5) is 4.79 Å². The average molecular weight is 380 g/mol. The quantitative estimate of drug-likeness (QED) is 0.354. The molecule has 0 saturated heterocycles. The number of nitrogens with zero attached hydrogens (tertiary/aromatic N) is 1.